The number of rotatable bonds is 2. The van der Waals surface area contributed by atoms with E-state index in [1.54, 1.807) is 0 Å². The summed E-state index contributed by atoms with van der Waals surface area (Å²) in [5, 5.41) is -0.607. The van der Waals surface area contributed by atoms with Gasteiger partial charge in [0.15, 0.2) is 0 Å². The number of ether oxygens (including phenoxy) is 1. The number of hydrogen-bond acceptors (Lipinski definition) is 2. The van der Waals surface area contributed by atoms with Gasteiger partial charge in [-0.1, -0.05) is 17.7 Å². The highest BCUT2D eigenvalue weighted by Crippen LogP contribution is 2.36. The van der Waals surface area contributed by atoms with E-state index in [4.69, 9.17) is 17.3 Å². The Morgan fingerprint density at radius 1 is 1.11 bits per heavy atom. The van der Waals surface area contributed by atoms with Crippen LogP contribution in [0.2, 0.25) is 5.02 Å². The van der Waals surface area contributed by atoms with Gasteiger partial charge in [0.25, 0.3) is 0 Å². The van der Waals surface area contributed by atoms with E-state index in [2.05, 4.69) is 4.74 Å². The van der Waals surface area contributed by atoms with Crippen LogP contribution in [0.15, 0.2) is 18.2 Å². The molecule has 0 amide bonds. The average molecular weight is 294 g/mol. The van der Waals surface area contributed by atoms with Crippen LogP contribution in [0, 0.1) is 0 Å². The summed E-state index contributed by atoms with van der Waals surface area (Å²) in [5.41, 5.74) is 4.42. The summed E-state index contributed by atoms with van der Waals surface area (Å²) < 4.78 is 75.9. The van der Waals surface area contributed by atoms with E-state index in [1.807, 2.05) is 0 Å². The molecule has 0 aliphatic rings. The summed E-state index contributed by atoms with van der Waals surface area (Å²) >= 11 is 5.38. The Labute approximate surface area is 102 Å². The van der Waals surface area contributed by atoms with Crippen molar-refractivity contribution in [3.05, 3.63) is 28.8 Å². The molecule has 0 radical (unpaired) electrons. The van der Waals surface area contributed by atoms with Crippen molar-refractivity contribution in [2.75, 3.05) is 0 Å². The van der Waals surface area contributed by atoms with Crippen molar-refractivity contribution in [2.24, 2.45) is 5.73 Å². The first kappa shape index (κ1) is 14.9. The lowest BCUT2D eigenvalue weighted by atomic mass is 10.1. The van der Waals surface area contributed by atoms with E-state index in [1.165, 1.54) is 0 Å². The zero-order valence-corrected chi connectivity index (χ0v) is 9.20. The lowest BCUT2D eigenvalue weighted by molar-refractivity contribution is -0.274. The van der Waals surface area contributed by atoms with Gasteiger partial charge in [-0.05, 0) is 17.7 Å². The fraction of sp³-hybridized carbons (Fsp3) is 0.333. The standard InChI is InChI=1S/C9H6ClF6NO/c10-5-3-4(7(17)8(11,12)13)1-2-6(5)18-9(14,15)16/h1-3,7H,17H2/t7-/m1/s1. The molecule has 0 saturated carbocycles. The maximum absolute atomic E-state index is 12.3. The summed E-state index contributed by atoms with van der Waals surface area (Å²) in [7, 11) is 0. The molecule has 0 unspecified atom stereocenters. The highest BCUT2D eigenvalue weighted by Gasteiger charge is 2.38. The van der Waals surface area contributed by atoms with Gasteiger partial charge in [0.05, 0.1) is 5.02 Å². The van der Waals surface area contributed by atoms with Gasteiger partial charge in [0.2, 0.25) is 0 Å². The Kier molecular flexibility index (Phi) is 4.02. The van der Waals surface area contributed by atoms with Crippen molar-refractivity contribution in [2.45, 2.75) is 18.6 Å². The van der Waals surface area contributed by atoms with Crippen molar-refractivity contribution >= 4 is 11.6 Å². The molecule has 1 atom stereocenters. The molecule has 2 nitrogen and oxygen atoms in total. The fourth-order valence-electron chi connectivity index (χ4n) is 1.11. The smallest absolute Gasteiger partial charge is 0.404 e. The number of halogens is 7. The number of alkyl halides is 6. The van der Waals surface area contributed by atoms with E-state index in [0.29, 0.717) is 12.1 Å². The lowest BCUT2D eigenvalue weighted by Gasteiger charge is -2.17. The van der Waals surface area contributed by atoms with Crippen LogP contribution in [0.1, 0.15) is 11.6 Å². The van der Waals surface area contributed by atoms with Crippen LogP contribution >= 0.6 is 11.6 Å². The van der Waals surface area contributed by atoms with Crippen LogP contribution in [0.5, 0.6) is 5.75 Å². The molecule has 1 rings (SSSR count). The van der Waals surface area contributed by atoms with E-state index in [0.717, 1.165) is 6.07 Å². The fourth-order valence-corrected chi connectivity index (χ4v) is 1.33. The van der Waals surface area contributed by atoms with Crippen LogP contribution in [0.4, 0.5) is 26.3 Å². The first-order valence-electron chi connectivity index (χ1n) is 4.38. The molecule has 9 heteroatoms. The highest BCUT2D eigenvalue weighted by atomic mass is 35.5. The largest absolute Gasteiger partial charge is 0.573 e. The molecule has 2 N–H and O–H groups in total. The Hall–Kier alpha value is -1.15. The third-order valence-corrected chi connectivity index (χ3v) is 2.19. The predicted molar refractivity (Wildman–Crippen MR) is 51.1 cm³/mol. The zero-order chi connectivity index (χ0) is 14.1. The van der Waals surface area contributed by atoms with Crippen LogP contribution in [0.3, 0.4) is 0 Å². The van der Waals surface area contributed by atoms with Crippen LogP contribution < -0.4 is 10.5 Å². The minimum Gasteiger partial charge on any atom is -0.404 e. The Balaban J connectivity index is 3.00. The molecule has 0 heterocycles. The number of hydrogen-bond donors (Lipinski definition) is 1. The second-order valence-electron chi connectivity index (χ2n) is 3.26. The highest BCUT2D eigenvalue weighted by molar-refractivity contribution is 6.32. The predicted octanol–water partition coefficient (Wildman–Crippen LogP) is 3.80. The van der Waals surface area contributed by atoms with Gasteiger partial charge in [0, 0.05) is 0 Å². The van der Waals surface area contributed by atoms with Crippen LogP contribution in [-0.4, -0.2) is 12.5 Å². The first-order chi connectivity index (χ1) is 8.00. The topological polar surface area (TPSA) is 35.2 Å². The molecular weight excluding hydrogens is 288 g/mol. The van der Waals surface area contributed by atoms with Gasteiger partial charge in [-0.15, -0.1) is 13.2 Å². The molecule has 0 fully saturated rings. The third-order valence-electron chi connectivity index (χ3n) is 1.89. The second-order valence-corrected chi connectivity index (χ2v) is 3.66. The monoisotopic (exact) mass is 293 g/mol. The summed E-state index contributed by atoms with van der Waals surface area (Å²) in [6, 6.07) is -0.197. The van der Waals surface area contributed by atoms with E-state index in [9.17, 15) is 26.3 Å². The van der Waals surface area contributed by atoms with Gasteiger partial charge >= 0.3 is 12.5 Å². The van der Waals surface area contributed by atoms with Crippen molar-refractivity contribution < 1.29 is 31.1 Å². The molecule has 0 aromatic heterocycles. The molecule has 0 aliphatic heterocycles. The molecular formula is C9H6ClF6NO. The number of benzene rings is 1. The Morgan fingerprint density at radius 2 is 1.67 bits per heavy atom. The van der Waals surface area contributed by atoms with Crippen molar-refractivity contribution in [3.8, 4) is 5.75 Å². The summed E-state index contributed by atoms with van der Waals surface area (Å²) in [6.07, 6.45) is -9.69. The molecule has 0 spiro atoms. The zero-order valence-electron chi connectivity index (χ0n) is 8.44. The molecule has 102 valence electrons. The van der Waals surface area contributed by atoms with Gasteiger partial charge in [-0.25, -0.2) is 0 Å². The minimum absolute atomic E-state index is 0.456. The Morgan fingerprint density at radius 3 is 2.06 bits per heavy atom. The molecule has 18 heavy (non-hydrogen) atoms. The van der Waals surface area contributed by atoms with Crippen molar-refractivity contribution in [3.63, 3.8) is 0 Å². The third kappa shape index (κ3) is 3.95. The molecule has 0 bridgehead atoms. The van der Waals surface area contributed by atoms with Crippen LogP contribution in [-0.2, 0) is 0 Å². The summed E-state index contributed by atoms with van der Waals surface area (Å²) in [4.78, 5) is 0. The summed E-state index contributed by atoms with van der Waals surface area (Å²) in [5.74, 6) is -0.790. The SMILES string of the molecule is N[C@H](c1ccc(OC(F)(F)F)c(Cl)c1)C(F)(F)F. The maximum atomic E-state index is 12.3. The maximum Gasteiger partial charge on any atom is 0.573 e. The van der Waals surface area contributed by atoms with E-state index in [-0.39, 0.29) is 0 Å². The van der Waals surface area contributed by atoms with Gasteiger partial charge in [0.1, 0.15) is 11.8 Å². The lowest BCUT2D eigenvalue weighted by Crippen LogP contribution is -2.28. The molecule has 1 aromatic rings. The Bertz CT molecular complexity index is 430. The minimum atomic E-state index is -4.97. The summed E-state index contributed by atoms with van der Waals surface area (Å²) in [6.45, 7) is 0. The van der Waals surface area contributed by atoms with Gasteiger partial charge in [-0.2, -0.15) is 13.2 Å². The van der Waals surface area contributed by atoms with Gasteiger partial charge in [-0.3, -0.25) is 0 Å². The van der Waals surface area contributed by atoms with Crippen LogP contribution in [0.25, 0.3) is 0 Å². The van der Waals surface area contributed by atoms with Crippen molar-refractivity contribution in [1.29, 1.82) is 0 Å². The number of nitrogens with two attached hydrogens (primary N) is 1. The molecule has 1 aromatic carbocycles. The normalized spacial score (nSPS) is 14.4. The first-order valence-corrected chi connectivity index (χ1v) is 4.76. The van der Waals surface area contributed by atoms with E-state index >= 15 is 0 Å². The molecule has 0 saturated heterocycles. The quantitative estimate of drug-likeness (QED) is 0.842. The van der Waals surface area contributed by atoms with E-state index < -0.39 is 34.9 Å². The average Bonchev–Trinajstić information content (AvgIpc) is 2.16. The molecule has 0 aliphatic carbocycles. The van der Waals surface area contributed by atoms with Crippen molar-refractivity contribution in [1.82, 2.24) is 0 Å². The van der Waals surface area contributed by atoms with Gasteiger partial charge < -0.3 is 10.5 Å². The second kappa shape index (κ2) is 4.85.